The van der Waals surface area contributed by atoms with Gasteiger partial charge < -0.3 is 10.4 Å². The zero-order chi connectivity index (χ0) is 14.0. The first kappa shape index (κ1) is 13.6. The summed E-state index contributed by atoms with van der Waals surface area (Å²) in [5.74, 6) is -1.45. The van der Waals surface area contributed by atoms with Crippen LogP contribution < -0.4 is 5.32 Å². The van der Waals surface area contributed by atoms with Gasteiger partial charge in [0.15, 0.2) is 0 Å². The molecule has 0 aliphatic rings. The van der Waals surface area contributed by atoms with Gasteiger partial charge in [-0.3, -0.25) is 4.79 Å². The van der Waals surface area contributed by atoms with E-state index in [-0.39, 0.29) is 17.2 Å². The number of thiophene rings is 1. The van der Waals surface area contributed by atoms with E-state index in [1.807, 2.05) is 13.0 Å². The Bertz CT molecular complexity index is 651. The monoisotopic (exact) mass is 295 g/mol. The maximum atomic E-state index is 12.0. The molecule has 2 N–H and O–H groups in total. The molecule has 1 aromatic carbocycles. The summed E-state index contributed by atoms with van der Waals surface area (Å²) in [4.78, 5) is 23.7. The minimum absolute atomic E-state index is 0.00644. The van der Waals surface area contributed by atoms with Crippen LogP contribution >= 0.6 is 22.9 Å². The summed E-state index contributed by atoms with van der Waals surface area (Å²) in [6, 6.07) is 6.08. The molecule has 98 valence electrons. The normalized spacial score (nSPS) is 10.2. The molecule has 0 aliphatic carbocycles. The number of nitrogens with one attached hydrogen (secondary N) is 1. The molecular formula is C13H10ClNO3S. The molecule has 0 unspecified atom stereocenters. The molecule has 1 aromatic heterocycles. The third-order valence-corrected chi connectivity index (χ3v) is 3.78. The van der Waals surface area contributed by atoms with Gasteiger partial charge in [0.05, 0.1) is 16.1 Å². The van der Waals surface area contributed by atoms with Crippen molar-refractivity contribution in [3.63, 3.8) is 0 Å². The maximum absolute atomic E-state index is 12.0. The summed E-state index contributed by atoms with van der Waals surface area (Å²) in [5, 5.41) is 13.8. The van der Waals surface area contributed by atoms with Crippen molar-refractivity contribution >= 4 is 40.5 Å². The number of hydrogen-bond acceptors (Lipinski definition) is 3. The minimum atomic E-state index is -1.12. The molecular weight excluding hydrogens is 286 g/mol. The summed E-state index contributed by atoms with van der Waals surface area (Å²) in [6.07, 6.45) is 0. The van der Waals surface area contributed by atoms with Crippen LogP contribution in [0.15, 0.2) is 29.6 Å². The van der Waals surface area contributed by atoms with Crippen LogP contribution in [0.5, 0.6) is 0 Å². The van der Waals surface area contributed by atoms with Crippen molar-refractivity contribution in [2.45, 2.75) is 6.92 Å². The van der Waals surface area contributed by atoms with E-state index in [1.165, 1.54) is 29.5 Å². The number of aromatic carboxylic acids is 1. The number of rotatable bonds is 3. The van der Waals surface area contributed by atoms with Crippen LogP contribution in [0.4, 0.5) is 5.69 Å². The van der Waals surface area contributed by atoms with Crippen LogP contribution in [0, 0.1) is 6.92 Å². The van der Waals surface area contributed by atoms with E-state index in [4.69, 9.17) is 16.7 Å². The van der Waals surface area contributed by atoms with E-state index in [0.717, 1.165) is 5.56 Å². The fraction of sp³-hybridized carbons (Fsp3) is 0.0769. The lowest BCUT2D eigenvalue weighted by Gasteiger charge is -2.08. The molecule has 4 nitrogen and oxygen atoms in total. The number of carboxylic acids is 1. The summed E-state index contributed by atoms with van der Waals surface area (Å²) in [7, 11) is 0. The Labute approximate surface area is 118 Å². The molecule has 2 aromatic rings. The highest BCUT2D eigenvalue weighted by Crippen LogP contribution is 2.23. The largest absolute Gasteiger partial charge is 0.478 e. The van der Waals surface area contributed by atoms with Gasteiger partial charge in [-0.2, -0.15) is 0 Å². The molecule has 1 amide bonds. The lowest BCUT2D eigenvalue weighted by atomic mass is 10.1. The number of carbonyl (C=O) groups excluding carboxylic acids is 1. The number of aryl methyl sites for hydroxylation is 1. The molecule has 0 atom stereocenters. The second kappa shape index (κ2) is 5.42. The van der Waals surface area contributed by atoms with Crippen molar-refractivity contribution in [1.82, 2.24) is 0 Å². The van der Waals surface area contributed by atoms with Crippen LogP contribution in [0.1, 0.15) is 25.6 Å². The van der Waals surface area contributed by atoms with E-state index < -0.39 is 5.97 Å². The Morgan fingerprint density at radius 1 is 1.32 bits per heavy atom. The average Bonchev–Trinajstić information content (AvgIpc) is 2.75. The first-order valence-corrected chi connectivity index (χ1v) is 6.63. The fourth-order valence-electron chi connectivity index (χ4n) is 1.59. The summed E-state index contributed by atoms with van der Waals surface area (Å²) in [6.45, 7) is 1.82. The van der Waals surface area contributed by atoms with Crippen molar-refractivity contribution in [2.75, 3.05) is 5.32 Å². The molecule has 0 saturated heterocycles. The van der Waals surface area contributed by atoms with Gasteiger partial charge in [-0.1, -0.05) is 11.6 Å². The molecule has 19 heavy (non-hydrogen) atoms. The third kappa shape index (κ3) is 2.94. The van der Waals surface area contributed by atoms with Crippen LogP contribution in [-0.4, -0.2) is 17.0 Å². The molecule has 0 spiro atoms. The molecule has 1 heterocycles. The minimum Gasteiger partial charge on any atom is -0.478 e. The number of anilines is 1. The van der Waals surface area contributed by atoms with Crippen molar-refractivity contribution in [2.24, 2.45) is 0 Å². The van der Waals surface area contributed by atoms with Crippen LogP contribution in [0.3, 0.4) is 0 Å². The van der Waals surface area contributed by atoms with Crippen molar-refractivity contribution in [3.8, 4) is 0 Å². The Hall–Kier alpha value is -1.85. The topological polar surface area (TPSA) is 66.4 Å². The predicted octanol–water partition coefficient (Wildman–Crippen LogP) is 3.66. The number of halogens is 1. The Morgan fingerprint density at radius 3 is 2.63 bits per heavy atom. The summed E-state index contributed by atoms with van der Waals surface area (Å²) >= 11 is 7.12. The van der Waals surface area contributed by atoms with E-state index in [2.05, 4.69) is 5.32 Å². The predicted molar refractivity (Wildman–Crippen MR) is 75.4 cm³/mol. The highest BCUT2D eigenvalue weighted by atomic mass is 35.5. The van der Waals surface area contributed by atoms with Crippen molar-refractivity contribution in [3.05, 3.63) is 50.7 Å². The van der Waals surface area contributed by atoms with Gasteiger partial charge in [0.2, 0.25) is 0 Å². The SMILES string of the molecule is Cc1ccsc1C(=O)Nc1cc(Cl)ccc1C(=O)O. The van der Waals surface area contributed by atoms with Crippen molar-refractivity contribution in [1.29, 1.82) is 0 Å². The zero-order valence-electron chi connectivity index (χ0n) is 9.94. The van der Waals surface area contributed by atoms with Crippen LogP contribution in [0.2, 0.25) is 5.02 Å². The number of carbonyl (C=O) groups is 2. The van der Waals surface area contributed by atoms with Crippen LogP contribution in [0.25, 0.3) is 0 Å². The zero-order valence-corrected chi connectivity index (χ0v) is 11.5. The molecule has 6 heteroatoms. The number of carboxylic acid groups (broad SMARTS) is 1. The molecule has 2 rings (SSSR count). The smallest absolute Gasteiger partial charge is 0.337 e. The highest BCUT2D eigenvalue weighted by molar-refractivity contribution is 7.12. The van der Waals surface area contributed by atoms with Crippen LogP contribution in [-0.2, 0) is 0 Å². The lowest BCUT2D eigenvalue weighted by Crippen LogP contribution is -2.14. The first-order valence-electron chi connectivity index (χ1n) is 5.37. The third-order valence-electron chi connectivity index (χ3n) is 2.53. The van der Waals surface area contributed by atoms with Gasteiger partial charge >= 0.3 is 5.97 Å². The van der Waals surface area contributed by atoms with E-state index in [1.54, 1.807) is 5.38 Å². The van der Waals surface area contributed by atoms with Crippen molar-refractivity contribution < 1.29 is 14.7 Å². The number of amides is 1. The second-order valence-electron chi connectivity index (χ2n) is 3.88. The van der Waals surface area contributed by atoms with E-state index in [0.29, 0.717) is 9.90 Å². The first-order chi connectivity index (χ1) is 8.99. The number of benzene rings is 1. The molecule has 0 fully saturated rings. The van der Waals surface area contributed by atoms with Gasteiger partial charge in [-0.25, -0.2) is 4.79 Å². The molecule has 0 saturated carbocycles. The van der Waals surface area contributed by atoms with Gasteiger partial charge in [0.25, 0.3) is 5.91 Å². The standard InChI is InChI=1S/C13H10ClNO3S/c1-7-4-5-19-11(7)12(16)15-10-6-8(14)2-3-9(10)13(17)18/h2-6H,1H3,(H,15,16)(H,17,18). The van der Waals surface area contributed by atoms with Gasteiger partial charge in [0.1, 0.15) is 0 Å². The summed E-state index contributed by atoms with van der Waals surface area (Å²) in [5.41, 5.74) is 1.05. The molecule has 0 aliphatic heterocycles. The molecule has 0 radical (unpaired) electrons. The lowest BCUT2D eigenvalue weighted by molar-refractivity contribution is 0.0698. The second-order valence-corrected chi connectivity index (χ2v) is 5.23. The molecule has 0 bridgehead atoms. The Kier molecular flexibility index (Phi) is 3.87. The quantitative estimate of drug-likeness (QED) is 0.908. The van der Waals surface area contributed by atoms with Gasteiger partial charge in [0, 0.05) is 5.02 Å². The summed E-state index contributed by atoms with van der Waals surface area (Å²) < 4.78 is 0. The average molecular weight is 296 g/mol. The maximum Gasteiger partial charge on any atom is 0.337 e. The highest BCUT2D eigenvalue weighted by Gasteiger charge is 2.16. The fourth-order valence-corrected chi connectivity index (χ4v) is 2.58. The van der Waals surface area contributed by atoms with Gasteiger partial charge in [-0.05, 0) is 42.1 Å². The van der Waals surface area contributed by atoms with E-state index in [9.17, 15) is 9.59 Å². The number of hydrogen-bond donors (Lipinski definition) is 2. The Morgan fingerprint density at radius 2 is 2.05 bits per heavy atom. The Balaban J connectivity index is 2.33. The van der Waals surface area contributed by atoms with E-state index >= 15 is 0 Å². The van der Waals surface area contributed by atoms with Gasteiger partial charge in [-0.15, -0.1) is 11.3 Å².